The number of aromatic nitrogens is 1. The van der Waals surface area contributed by atoms with Crippen LogP contribution in [0.5, 0.6) is 0 Å². The molecular weight excluding hydrogens is 302 g/mol. The average Bonchev–Trinajstić information content (AvgIpc) is 2.67. The molecule has 0 aliphatic rings. The van der Waals surface area contributed by atoms with Crippen LogP contribution in [0.4, 0.5) is 0 Å². The third kappa shape index (κ3) is 2.57. The molecule has 1 unspecified atom stereocenters. The van der Waals surface area contributed by atoms with E-state index in [1.807, 2.05) is 18.2 Å². The summed E-state index contributed by atoms with van der Waals surface area (Å²) in [6.07, 6.45) is 1.06. The van der Waals surface area contributed by atoms with Crippen molar-refractivity contribution in [3.8, 4) is 0 Å². The lowest BCUT2D eigenvalue weighted by atomic mass is 10.0. The van der Waals surface area contributed by atoms with Crippen molar-refractivity contribution in [2.75, 3.05) is 13.7 Å². The normalized spacial score (nSPS) is 12.7. The number of aliphatic hydroxyl groups excluding tert-OH is 1. The van der Waals surface area contributed by atoms with E-state index >= 15 is 0 Å². The number of rotatable bonds is 3. The van der Waals surface area contributed by atoms with Gasteiger partial charge in [0.2, 0.25) is 0 Å². The molecule has 2 aromatic carbocycles. The standard InChI is InChI=1S/C17H14ClNO3/c1-22-16(9-20)11-3-2-10-4-5-15-14(7-12(18)8-19-15)17(21)13(10)6-11/h2-8,16,20H,9H2,1H3. The molecule has 1 heterocycles. The fraction of sp³-hybridized carbons (Fsp3) is 0.176. The number of hydrogen-bond donors (Lipinski definition) is 1. The van der Waals surface area contributed by atoms with Crippen LogP contribution in [0.15, 0.2) is 47.4 Å². The van der Waals surface area contributed by atoms with Crippen molar-refractivity contribution in [1.29, 1.82) is 0 Å². The van der Waals surface area contributed by atoms with Crippen LogP contribution in [0.25, 0.3) is 21.7 Å². The highest BCUT2D eigenvalue weighted by Crippen LogP contribution is 2.22. The molecule has 22 heavy (non-hydrogen) atoms. The quantitative estimate of drug-likeness (QED) is 0.807. The van der Waals surface area contributed by atoms with Crippen LogP contribution in [0, 0.1) is 0 Å². The van der Waals surface area contributed by atoms with E-state index in [1.165, 1.54) is 13.3 Å². The van der Waals surface area contributed by atoms with Crippen LogP contribution in [0.2, 0.25) is 5.02 Å². The van der Waals surface area contributed by atoms with Crippen LogP contribution >= 0.6 is 11.6 Å². The van der Waals surface area contributed by atoms with Gasteiger partial charge in [0.25, 0.3) is 0 Å². The molecule has 1 atom stereocenters. The Balaban J connectivity index is 2.38. The fourth-order valence-corrected chi connectivity index (χ4v) is 2.67. The highest BCUT2D eigenvalue weighted by atomic mass is 35.5. The molecule has 1 aromatic heterocycles. The Hall–Kier alpha value is -2.01. The first-order chi connectivity index (χ1) is 10.6. The minimum Gasteiger partial charge on any atom is -0.393 e. The maximum atomic E-state index is 12.8. The Kier molecular flexibility index (Phi) is 4.07. The molecule has 3 rings (SSSR count). The second-order valence-electron chi connectivity index (χ2n) is 5.00. The number of hydrogen-bond acceptors (Lipinski definition) is 4. The van der Waals surface area contributed by atoms with Gasteiger partial charge in [-0.1, -0.05) is 29.8 Å². The molecule has 0 aliphatic heterocycles. The Morgan fingerprint density at radius 2 is 2.00 bits per heavy atom. The highest BCUT2D eigenvalue weighted by molar-refractivity contribution is 6.31. The van der Waals surface area contributed by atoms with Crippen LogP contribution in [-0.4, -0.2) is 23.8 Å². The Morgan fingerprint density at radius 1 is 1.23 bits per heavy atom. The van der Waals surface area contributed by atoms with Crippen LogP contribution in [-0.2, 0) is 4.74 Å². The summed E-state index contributed by atoms with van der Waals surface area (Å²) in [5.41, 5.74) is 1.21. The molecular formula is C17H14ClNO3. The Morgan fingerprint density at radius 3 is 2.73 bits per heavy atom. The van der Waals surface area contributed by atoms with Crippen molar-refractivity contribution in [1.82, 2.24) is 4.98 Å². The van der Waals surface area contributed by atoms with E-state index in [9.17, 15) is 9.90 Å². The van der Waals surface area contributed by atoms with Crippen LogP contribution in [0.1, 0.15) is 11.7 Å². The lowest BCUT2D eigenvalue weighted by molar-refractivity contribution is 0.0485. The smallest absolute Gasteiger partial charge is 0.195 e. The summed E-state index contributed by atoms with van der Waals surface area (Å²) in [4.78, 5) is 17.0. The maximum absolute atomic E-state index is 12.8. The first-order valence-electron chi connectivity index (χ1n) is 6.80. The number of ether oxygens (including phenoxy) is 1. The van der Waals surface area contributed by atoms with E-state index < -0.39 is 6.10 Å². The maximum Gasteiger partial charge on any atom is 0.195 e. The third-order valence-corrected chi connectivity index (χ3v) is 3.90. The number of benzene rings is 1. The second kappa shape index (κ2) is 6.01. The molecule has 0 amide bonds. The Labute approximate surface area is 131 Å². The molecule has 0 radical (unpaired) electrons. The first kappa shape index (κ1) is 14.9. The van der Waals surface area contributed by atoms with E-state index in [2.05, 4.69) is 4.98 Å². The van der Waals surface area contributed by atoms with Crippen molar-refractivity contribution in [2.24, 2.45) is 0 Å². The lowest BCUT2D eigenvalue weighted by Gasteiger charge is -2.12. The van der Waals surface area contributed by atoms with Crippen molar-refractivity contribution < 1.29 is 9.84 Å². The van der Waals surface area contributed by atoms with E-state index in [-0.39, 0.29) is 12.0 Å². The van der Waals surface area contributed by atoms with Crippen molar-refractivity contribution in [3.63, 3.8) is 0 Å². The molecule has 0 aliphatic carbocycles. The number of aliphatic hydroxyl groups is 1. The van der Waals surface area contributed by atoms with Gasteiger partial charge in [0, 0.05) is 24.1 Å². The molecule has 3 aromatic rings. The number of fused-ring (bicyclic) bond motifs is 2. The minimum absolute atomic E-state index is 0.139. The molecule has 1 N–H and O–H groups in total. The fourth-order valence-electron chi connectivity index (χ4n) is 2.51. The van der Waals surface area contributed by atoms with Gasteiger partial charge in [-0.25, -0.2) is 0 Å². The molecule has 5 heteroatoms. The van der Waals surface area contributed by atoms with Crippen LogP contribution in [0.3, 0.4) is 0 Å². The number of nitrogens with zero attached hydrogens (tertiary/aromatic N) is 1. The average molecular weight is 316 g/mol. The molecule has 0 saturated heterocycles. The zero-order valence-electron chi connectivity index (χ0n) is 11.9. The van der Waals surface area contributed by atoms with Crippen LogP contribution < -0.4 is 5.43 Å². The SMILES string of the molecule is COC(CO)c1ccc2ccc3ncc(Cl)cc3c(=O)c2c1. The van der Waals surface area contributed by atoms with Crippen molar-refractivity contribution in [3.05, 3.63) is 63.4 Å². The van der Waals surface area contributed by atoms with Gasteiger partial charge >= 0.3 is 0 Å². The first-order valence-corrected chi connectivity index (χ1v) is 7.17. The Bertz CT molecular complexity index is 907. The summed E-state index contributed by atoms with van der Waals surface area (Å²) in [5, 5.41) is 11.6. The monoisotopic (exact) mass is 315 g/mol. The van der Waals surface area contributed by atoms with Gasteiger partial charge in [-0.15, -0.1) is 0 Å². The largest absolute Gasteiger partial charge is 0.393 e. The predicted molar refractivity (Wildman–Crippen MR) is 87.4 cm³/mol. The van der Waals surface area contributed by atoms with E-state index in [1.54, 1.807) is 18.2 Å². The predicted octanol–water partition coefficient (Wildman–Crippen LogP) is 3.08. The van der Waals surface area contributed by atoms with Gasteiger partial charge in [0.1, 0.15) is 6.10 Å². The summed E-state index contributed by atoms with van der Waals surface area (Å²) >= 11 is 5.96. The minimum atomic E-state index is -0.456. The third-order valence-electron chi connectivity index (χ3n) is 3.69. The molecule has 0 saturated carbocycles. The van der Waals surface area contributed by atoms with Crippen molar-refractivity contribution >= 4 is 33.3 Å². The van der Waals surface area contributed by atoms with Gasteiger partial charge in [-0.05, 0) is 29.1 Å². The van der Waals surface area contributed by atoms with E-state index in [0.29, 0.717) is 21.3 Å². The summed E-state index contributed by atoms with van der Waals surface area (Å²) in [6, 6.07) is 10.7. The molecule has 0 bridgehead atoms. The highest BCUT2D eigenvalue weighted by Gasteiger charge is 2.11. The van der Waals surface area contributed by atoms with E-state index in [4.69, 9.17) is 16.3 Å². The van der Waals surface area contributed by atoms with Gasteiger partial charge in [-0.3, -0.25) is 9.78 Å². The molecule has 4 nitrogen and oxygen atoms in total. The lowest BCUT2D eigenvalue weighted by Crippen LogP contribution is -2.07. The van der Waals surface area contributed by atoms with E-state index in [0.717, 1.165) is 10.9 Å². The van der Waals surface area contributed by atoms with Gasteiger partial charge in [0.15, 0.2) is 5.43 Å². The van der Waals surface area contributed by atoms with Gasteiger partial charge < -0.3 is 9.84 Å². The summed E-state index contributed by atoms with van der Waals surface area (Å²) in [5.74, 6) is 0. The zero-order chi connectivity index (χ0) is 15.7. The van der Waals surface area contributed by atoms with Crippen molar-refractivity contribution in [2.45, 2.75) is 6.10 Å². The summed E-state index contributed by atoms with van der Waals surface area (Å²) in [7, 11) is 1.52. The summed E-state index contributed by atoms with van der Waals surface area (Å²) < 4.78 is 5.22. The topological polar surface area (TPSA) is 59.4 Å². The zero-order valence-corrected chi connectivity index (χ0v) is 12.7. The molecule has 0 spiro atoms. The number of methoxy groups -OCH3 is 1. The second-order valence-corrected chi connectivity index (χ2v) is 5.44. The molecule has 112 valence electrons. The summed E-state index contributed by atoms with van der Waals surface area (Å²) in [6.45, 7) is -0.150. The van der Waals surface area contributed by atoms with Gasteiger partial charge in [-0.2, -0.15) is 0 Å². The number of pyridine rings is 1. The van der Waals surface area contributed by atoms with Gasteiger partial charge in [0.05, 0.1) is 17.1 Å². The number of halogens is 1. The molecule has 0 fully saturated rings.